The molecule has 0 aliphatic carbocycles. The van der Waals surface area contributed by atoms with E-state index in [0.29, 0.717) is 11.4 Å². The second-order valence-corrected chi connectivity index (χ2v) is 5.41. The average molecular weight is 294 g/mol. The van der Waals surface area contributed by atoms with Crippen molar-refractivity contribution >= 4 is 11.6 Å². The molecule has 0 aromatic carbocycles. The van der Waals surface area contributed by atoms with Gasteiger partial charge in [-0.1, -0.05) is 24.6 Å². The molecule has 0 spiro atoms. The largest absolute Gasteiger partial charge is 0.388 e. The average Bonchev–Trinajstić information content (AvgIpc) is 2.66. The van der Waals surface area contributed by atoms with Gasteiger partial charge in [0.05, 0.1) is 22.5 Å². The van der Waals surface area contributed by atoms with Gasteiger partial charge in [0.1, 0.15) is 0 Å². The first-order valence-corrected chi connectivity index (χ1v) is 7.14. The van der Waals surface area contributed by atoms with Crippen LogP contribution in [-0.4, -0.2) is 19.9 Å². The highest BCUT2D eigenvalue weighted by atomic mass is 35.5. The number of aliphatic hydroxyl groups excluding tert-OH is 1. The predicted molar refractivity (Wildman–Crippen MR) is 80.0 cm³/mol. The van der Waals surface area contributed by atoms with E-state index in [1.165, 1.54) is 0 Å². The Hall–Kier alpha value is -1.39. The third-order valence-electron chi connectivity index (χ3n) is 3.51. The summed E-state index contributed by atoms with van der Waals surface area (Å²) in [6, 6.07) is 3.83. The lowest BCUT2D eigenvalue weighted by Gasteiger charge is -2.14. The van der Waals surface area contributed by atoms with Gasteiger partial charge >= 0.3 is 0 Å². The van der Waals surface area contributed by atoms with Gasteiger partial charge in [-0.05, 0) is 26.3 Å². The summed E-state index contributed by atoms with van der Waals surface area (Å²) in [6.07, 6.45) is 0.600. The molecule has 108 valence electrons. The van der Waals surface area contributed by atoms with E-state index in [1.807, 2.05) is 40.0 Å². The van der Waals surface area contributed by atoms with E-state index >= 15 is 0 Å². The Balaban J connectivity index is 2.27. The molecule has 0 saturated carbocycles. The number of nitrogens with zero attached hydrogens (tertiary/aromatic N) is 3. The van der Waals surface area contributed by atoms with Crippen LogP contribution in [0.2, 0.25) is 5.02 Å². The van der Waals surface area contributed by atoms with Gasteiger partial charge in [0.2, 0.25) is 0 Å². The zero-order valence-electron chi connectivity index (χ0n) is 12.3. The molecule has 1 N–H and O–H groups in total. The summed E-state index contributed by atoms with van der Waals surface area (Å²) in [6.45, 7) is 5.87. The predicted octanol–water partition coefficient (Wildman–Crippen LogP) is 2.92. The molecule has 0 radical (unpaired) electrons. The van der Waals surface area contributed by atoms with Crippen molar-refractivity contribution in [3.05, 3.63) is 45.5 Å². The van der Waals surface area contributed by atoms with Crippen LogP contribution in [0.15, 0.2) is 12.1 Å². The topological polar surface area (TPSA) is 50.9 Å². The second-order valence-electron chi connectivity index (χ2n) is 5.03. The Morgan fingerprint density at radius 3 is 2.60 bits per heavy atom. The van der Waals surface area contributed by atoms with Gasteiger partial charge < -0.3 is 5.11 Å². The van der Waals surface area contributed by atoms with E-state index in [4.69, 9.17) is 11.6 Å². The third-order valence-corrected chi connectivity index (χ3v) is 3.95. The van der Waals surface area contributed by atoms with E-state index in [0.717, 1.165) is 34.8 Å². The molecule has 0 fully saturated rings. The summed E-state index contributed by atoms with van der Waals surface area (Å²) in [5.74, 6) is 0. The molecular formula is C15H20ClN3O. The minimum atomic E-state index is -0.624. The van der Waals surface area contributed by atoms with Gasteiger partial charge in [-0.15, -0.1) is 0 Å². The standard InChI is InChI=1S/C15H20ClN3O/c1-5-12-15(16)13(19(4)18-12)8-14(20)11-7-6-9(2)17-10(11)3/h6-7,14,20H,5,8H2,1-4H3. The fourth-order valence-electron chi connectivity index (χ4n) is 2.38. The van der Waals surface area contributed by atoms with E-state index in [-0.39, 0.29) is 0 Å². The number of pyridine rings is 1. The van der Waals surface area contributed by atoms with Gasteiger partial charge in [-0.25, -0.2) is 0 Å². The first-order valence-electron chi connectivity index (χ1n) is 6.76. The maximum atomic E-state index is 10.4. The number of rotatable bonds is 4. The monoisotopic (exact) mass is 293 g/mol. The van der Waals surface area contributed by atoms with Crippen LogP contribution in [0.5, 0.6) is 0 Å². The molecule has 0 aliphatic heterocycles. The van der Waals surface area contributed by atoms with Crippen molar-refractivity contribution in [3.8, 4) is 0 Å². The first kappa shape index (κ1) is 15.0. The molecule has 0 aliphatic rings. The number of halogens is 1. The molecule has 2 aromatic rings. The van der Waals surface area contributed by atoms with Crippen LogP contribution in [0, 0.1) is 13.8 Å². The Labute approximate surface area is 124 Å². The Bertz CT molecular complexity index is 622. The van der Waals surface area contributed by atoms with Crippen molar-refractivity contribution in [1.82, 2.24) is 14.8 Å². The third kappa shape index (κ3) is 2.86. The SMILES string of the molecule is CCc1nn(C)c(CC(O)c2ccc(C)nc2C)c1Cl. The summed E-state index contributed by atoms with van der Waals surface area (Å²) in [7, 11) is 1.85. The van der Waals surface area contributed by atoms with Gasteiger partial charge in [0.15, 0.2) is 0 Å². The molecule has 1 atom stereocenters. The summed E-state index contributed by atoms with van der Waals surface area (Å²) < 4.78 is 1.75. The fourth-order valence-corrected chi connectivity index (χ4v) is 2.76. The molecule has 4 nitrogen and oxygen atoms in total. The molecule has 1 unspecified atom stereocenters. The summed E-state index contributed by atoms with van der Waals surface area (Å²) in [5, 5.41) is 15.5. The van der Waals surface area contributed by atoms with E-state index < -0.39 is 6.10 Å². The highest BCUT2D eigenvalue weighted by molar-refractivity contribution is 6.31. The summed E-state index contributed by atoms with van der Waals surface area (Å²) in [5.41, 5.74) is 4.37. The Morgan fingerprint density at radius 1 is 1.35 bits per heavy atom. The second kappa shape index (κ2) is 5.94. The highest BCUT2D eigenvalue weighted by Crippen LogP contribution is 2.27. The van der Waals surface area contributed by atoms with Crippen LogP contribution in [0.4, 0.5) is 0 Å². The van der Waals surface area contributed by atoms with E-state index in [9.17, 15) is 5.11 Å². The number of aliphatic hydroxyl groups is 1. The zero-order chi connectivity index (χ0) is 14.9. The minimum absolute atomic E-state index is 0.438. The van der Waals surface area contributed by atoms with Crippen LogP contribution >= 0.6 is 11.6 Å². The summed E-state index contributed by atoms with van der Waals surface area (Å²) >= 11 is 6.32. The quantitative estimate of drug-likeness (QED) is 0.943. The lowest BCUT2D eigenvalue weighted by atomic mass is 10.0. The number of aromatic nitrogens is 3. The molecule has 2 aromatic heterocycles. The van der Waals surface area contributed by atoms with Crippen molar-refractivity contribution in [3.63, 3.8) is 0 Å². The van der Waals surface area contributed by atoms with E-state index in [2.05, 4.69) is 10.1 Å². The molecule has 0 bridgehead atoms. The van der Waals surface area contributed by atoms with Crippen LogP contribution in [0.1, 0.15) is 41.4 Å². The molecule has 0 amide bonds. The van der Waals surface area contributed by atoms with Gasteiger partial charge in [-0.3, -0.25) is 9.67 Å². The van der Waals surface area contributed by atoms with Crippen molar-refractivity contribution in [2.24, 2.45) is 7.05 Å². The minimum Gasteiger partial charge on any atom is -0.388 e. The number of hydrogen-bond acceptors (Lipinski definition) is 3. The van der Waals surface area contributed by atoms with Crippen LogP contribution in [-0.2, 0) is 19.9 Å². The summed E-state index contributed by atoms with van der Waals surface area (Å²) in [4.78, 5) is 4.39. The van der Waals surface area contributed by atoms with Crippen molar-refractivity contribution in [2.75, 3.05) is 0 Å². The van der Waals surface area contributed by atoms with Gasteiger partial charge in [-0.2, -0.15) is 5.10 Å². The van der Waals surface area contributed by atoms with Crippen LogP contribution in [0.25, 0.3) is 0 Å². The highest BCUT2D eigenvalue weighted by Gasteiger charge is 2.19. The van der Waals surface area contributed by atoms with Crippen molar-refractivity contribution in [2.45, 2.75) is 39.7 Å². The lowest BCUT2D eigenvalue weighted by molar-refractivity contribution is 0.174. The molecular weight excluding hydrogens is 274 g/mol. The normalized spacial score (nSPS) is 12.7. The molecule has 2 rings (SSSR count). The zero-order valence-corrected chi connectivity index (χ0v) is 13.1. The molecule has 20 heavy (non-hydrogen) atoms. The number of aryl methyl sites for hydroxylation is 4. The van der Waals surface area contributed by atoms with Crippen molar-refractivity contribution in [1.29, 1.82) is 0 Å². The fraction of sp³-hybridized carbons (Fsp3) is 0.467. The van der Waals surface area contributed by atoms with E-state index in [1.54, 1.807) is 4.68 Å². The number of hydrogen-bond donors (Lipinski definition) is 1. The first-order chi connectivity index (χ1) is 9.43. The molecule has 2 heterocycles. The lowest BCUT2D eigenvalue weighted by Crippen LogP contribution is -2.09. The Kier molecular flexibility index (Phi) is 4.45. The molecule has 5 heteroatoms. The Morgan fingerprint density at radius 2 is 2.05 bits per heavy atom. The molecule has 0 saturated heterocycles. The van der Waals surface area contributed by atoms with Crippen molar-refractivity contribution < 1.29 is 5.11 Å². The van der Waals surface area contributed by atoms with Crippen LogP contribution in [0.3, 0.4) is 0 Å². The van der Waals surface area contributed by atoms with Gasteiger partial charge in [0, 0.05) is 30.4 Å². The smallest absolute Gasteiger partial charge is 0.0863 e. The van der Waals surface area contributed by atoms with Crippen LogP contribution < -0.4 is 0 Å². The maximum Gasteiger partial charge on any atom is 0.0863 e. The van der Waals surface area contributed by atoms with Gasteiger partial charge in [0.25, 0.3) is 0 Å². The maximum absolute atomic E-state index is 10.4.